The summed E-state index contributed by atoms with van der Waals surface area (Å²) >= 11 is 3.28. The molecule has 0 unspecified atom stereocenters. The SMILES string of the molecule is COc1cc(/C=C/C(=O)O)cc(S(=O)(=O)Nc2ccc(Br)cc2)c1OC. The van der Waals surface area contributed by atoms with Crippen LogP contribution in [0.15, 0.2) is 51.8 Å². The number of carbonyl (C=O) groups is 1. The van der Waals surface area contributed by atoms with Gasteiger partial charge in [-0.1, -0.05) is 15.9 Å². The highest BCUT2D eigenvalue weighted by Crippen LogP contribution is 2.37. The highest BCUT2D eigenvalue weighted by Gasteiger charge is 2.24. The van der Waals surface area contributed by atoms with Crippen molar-refractivity contribution in [2.75, 3.05) is 18.9 Å². The Bertz CT molecular complexity index is 938. The van der Waals surface area contributed by atoms with Gasteiger partial charge in [-0.05, 0) is 48.0 Å². The summed E-state index contributed by atoms with van der Waals surface area (Å²) in [6, 6.07) is 9.38. The highest BCUT2D eigenvalue weighted by molar-refractivity contribution is 9.10. The predicted molar refractivity (Wildman–Crippen MR) is 101 cm³/mol. The van der Waals surface area contributed by atoms with Crippen molar-refractivity contribution in [2.45, 2.75) is 4.90 Å². The number of ether oxygens (including phenoxy) is 2. The number of hydrogen-bond acceptors (Lipinski definition) is 5. The summed E-state index contributed by atoms with van der Waals surface area (Å²) < 4.78 is 39.3. The molecule has 0 spiro atoms. The second kappa shape index (κ2) is 8.24. The van der Waals surface area contributed by atoms with Gasteiger partial charge in [0.2, 0.25) is 0 Å². The van der Waals surface area contributed by atoms with Gasteiger partial charge in [0.1, 0.15) is 4.90 Å². The molecule has 0 fully saturated rings. The van der Waals surface area contributed by atoms with Crippen LogP contribution in [0, 0.1) is 0 Å². The fourth-order valence-electron chi connectivity index (χ4n) is 2.14. The number of methoxy groups -OCH3 is 2. The minimum Gasteiger partial charge on any atom is -0.493 e. The van der Waals surface area contributed by atoms with Gasteiger partial charge in [-0.2, -0.15) is 0 Å². The molecule has 0 aliphatic carbocycles. The molecule has 0 saturated carbocycles. The molecule has 0 atom stereocenters. The molecule has 2 rings (SSSR count). The van der Waals surface area contributed by atoms with E-state index in [9.17, 15) is 13.2 Å². The molecule has 0 aliphatic heterocycles. The van der Waals surface area contributed by atoms with Crippen molar-refractivity contribution in [3.05, 3.63) is 52.5 Å². The van der Waals surface area contributed by atoms with Crippen LogP contribution in [0.5, 0.6) is 11.5 Å². The van der Waals surface area contributed by atoms with Crippen LogP contribution in [0.25, 0.3) is 6.08 Å². The molecule has 0 saturated heterocycles. The molecule has 0 aliphatic rings. The average molecular weight is 442 g/mol. The second-order valence-electron chi connectivity index (χ2n) is 5.04. The normalized spacial score (nSPS) is 11.3. The summed E-state index contributed by atoms with van der Waals surface area (Å²) in [5, 5.41) is 8.77. The van der Waals surface area contributed by atoms with Gasteiger partial charge in [0.05, 0.1) is 14.2 Å². The van der Waals surface area contributed by atoms with Crippen LogP contribution in [0.3, 0.4) is 0 Å². The van der Waals surface area contributed by atoms with Crippen molar-refractivity contribution in [3.8, 4) is 11.5 Å². The number of carboxylic acid groups (broad SMARTS) is 1. The Kier molecular flexibility index (Phi) is 6.27. The minimum atomic E-state index is -4.01. The number of aliphatic carboxylic acids is 1. The van der Waals surface area contributed by atoms with E-state index >= 15 is 0 Å². The fourth-order valence-corrected chi connectivity index (χ4v) is 3.68. The number of hydrogen-bond donors (Lipinski definition) is 2. The molecule has 2 N–H and O–H groups in total. The van der Waals surface area contributed by atoms with Crippen LogP contribution in [0.2, 0.25) is 0 Å². The molecule has 7 nitrogen and oxygen atoms in total. The minimum absolute atomic E-state index is 0.0181. The first-order valence-corrected chi connectivity index (χ1v) is 9.50. The zero-order valence-corrected chi connectivity index (χ0v) is 16.3. The first-order valence-electron chi connectivity index (χ1n) is 7.22. The van der Waals surface area contributed by atoms with Crippen molar-refractivity contribution in [1.82, 2.24) is 0 Å². The lowest BCUT2D eigenvalue weighted by Gasteiger charge is -2.15. The Labute approximate surface area is 159 Å². The van der Waals surface area contributed by atoms with Gasteiger partial charge in [-0.15, -0.1) is 0 Å². The largest absolute Gasteiger partial charge is 0.493 e. The van der Waals surface area contributed by atoms with Gasteiger partial charge in [0, 0.05) is 16.2 Å². The maximum absolute atomic E-state index is 12.8. The third-order valence-corrected chi connectivity index (χ3v) is 5.19. The van der Waals surface area contributed by atoms with E-state index in [0.29, 0.717) is 11.3 Å². The van der Waals surface area contributed by atoms with E-state index in [1.165, 1.54) is 32.4 Å². The maximum Gasteiger partial charge on any atom is 0.328 e. The second-order valence-corrected chi connectivity index (χ2v) is 7.61. The summed E-state index contributed by atoms with van der Waals surface area (Å²) in [4.78, 5) is 10.5. The number of anilines is 1. The van der Waals surface area contributed by atoms with Crippen LogP contribution in [0.4, 0.5) is 5.69 Å². The van der Waals surface area contributed by atoms with Crippen LogP contribution in [-0.4, -0.2) is 33.7 Å². The zero-order valence-electron chi connectivity index (χ0n) is 13.9. The van der Waals surface area contributed by atoms with Gasteiger partial charge in [-0.3, -0.25) is 4.72 Å². The van der Waals surface area contributed by atoms with Gasteiger partial charge < -0.3 is 14.6 Å². The quantitative estimate of drug-likeness (QED) is 0.638. The molecule has 0 heterocycles. The van der Waals surface area contributed by atoms with E-state index in [1.54, 1.807) is 24.3 Å². The predicted octanol–water partition coefficient (Wildman–Crippen LogP) is 3.36. The van der Waals surface area contributed by atoms with Crippen LogP contribution in [0.1, 0.15) is 5.56 Å². The van der Waals surface area contributed by atoms with Gasteiger partial charge in [0.15, 0.2) is 11.5 Å². The molecule has 138 valence electrons. The summed E-state index contributed by atoms with van der Waals surface area (Å²) in [6.45, 7) is 0. The van der Waals surface area contributed by atoms with Crippen molar-refractivity contribution in [3.63, 3.8) is 0 Å². The van der Waals surface area contributed by atoms with Crippen molar-refractivity contribution >= 4 is 43.7 Å². The summed E-state index contributed by atoms with van der Waals surface area (Å²) in [5.74, 6) is -0.974. The molecular formula is C17H16BrNO6S. The number of nitrogens with one attached hydrogen (secondary N) is 1. The molecule has 9 heteroatoms. The molecule has 0 bridgehead atoms. The number of halogens is 1. The third kappa shape index (κ3) is 4.77. The van der Waals surface area contributed by atoms with Crippen LogP contribution < -0.4 is 14.2 Å². The zero-order chi connectivity index (χ0) is 19.3. The summed E-state index contributed by atoms with van der Waals surface area (Å²) in [7, 11) is -1.33. The van der Waals surface area contributed by atoms with Gasteiger partial charge in [-0.25, -0.2) is 13.2 Å². The number of benzene rings is 2. The number of carboxylic acids is 1. The van der Waals surface area contributed by atoms with Gasteiger partial charge >= 0.3 is 5.97 Å². The van der Waals surface area contributed by atoms with Crippen molar-refractivity contribution in [2.24, 2.45) is 0 Å². The highest BCUT2D eigenvalue weighted by atomic mass is 79.9. The smallest absolute Gasteiger partial charge is 0.328 e. The van der Waals surface area contributed by atoms with Crippen molar-refractivity contribution in [1.29, 1.82) is 0 Å². The van der Waals surface area contributed by atoms with Gasteiger partial charge in [0.25, 0.3) is 10.0 Å². The molecule has 0 radical (unpaired) electrons. The molecule has 2 aromatic carbocycles. The molecule has 2 aromatic rings. The van der Waals surface area contributed by atoms with E-state index in [-0.39, 0.29) is 16.4 Å². The molecule has 26 heavy (non-hydrogen) atoms. The first-order chi connectivity index (χ1) is 12.3. The fraction of sp³-hybridized carbons (Fsp3) is 0.118. The van der Waals surface area contributed by atoms with E-state index in [1.807, 2.05) is 0 Å². The van der Waals surface area contributed by atoms with E-state index in [2.05, 4.69) is 20.7 Å². The Morgan fingerprint density at radius 3 is 2.35 bits per heavy atom. The number of sulfonamides is 1. The Morgan fingerprint density at radius 1 is 1.15 bits per heavy atom. The monoisotopic (exact) mass is 441 g/mol. The lowest BCUT2D eigenvalue weighted by atomic mass is 10.2. The lowest BCUT2D eigenvalue weighted by molar-refractivity contribution is -0.131. The Balaban J connectivity index is 2.55. The molecule has 0 amide bonds. The average Bonchev–Trinajstić information content (AvgIpc) is 2.60. The summed E-state index contributed by atoms with van der Waals surface area (Å²) in [6.07, 6.45) is 2.17. The van der Waals surface area contributed by atoms with Crippen molar-refractivity contribution < 1.29 is 27.8 Å². The standard InChI is InChI=1S/C17H16BrNO6S/c1-24-14-9-11(3-8-16(20)21)10-15(17(14)25-2)26(22,23)19-13-6-4-12(18)5-7-13/h3-10,19H,1-2H3,(H,20,21)/b8-3+. The third-order valence-electron chi connectivity index (χ3n) is 3.27. The Hall–Kier alpha value is -2.52. The topological polar surface area (TPSA) is 102 Å². The van der Waals surface area contributed by atoms with E-state index in [0.717, 1.165) is 10.5 Å². The maximum atomic E-state index is 12.8. The Morgan fingerprint density at radius 2 is 1.81 bits per heavy atom. The molecular weight excluding hydrogens is 426 g/mol. The number of rotatable bonds is 7. The summed E-state index contributed by atoms with van der Waals surface area (Å²) in [5.41, 5.74) is 0.696. The lowest BCUT2D eigenvalue weighted by Crippen LogP contribution is -2.14. The first kappa shape index (κ1) is 19.8. The molecule has 0 aromatic heterocycles. The van der Waals surface area contributed by atoms with E-state index in [4.69, 9.17) is 14.6 Å². The van der Waals surface area contributed by atoms with E-state index < -0.39 is 16.0 Å². The van der Waals surface area contributed by atoms with Crippen LogP contribution >= 0.6 is 15.9 Å². The van der Waals surface area contributed by atoms with Crippen LogP contribution in [-0.2, 0) is 14.8 Å².